The monoisotopic (exact) mass is 348 g/mol. The Morgan fingerprint density at radius 3 is 2.46 bits per heavy atom. The van der Waals surface area contributed by atoms with Gasteiger partial charge in [0.15, 0.2) is 0 Å². The summed E-state index contributed by atoms with van der Waals surface area (Å²) in [5.41, 5.74) is 3.12. The van der Waals surface area contributed by atoms with E-state index in [-0.39, 0.29) is 18.4 Å². The van der Waals surface area contributed by atoms with Crippen molar-refractivity contribution in [2.75, 3.05) is 18.9 Å². The Bertz CT molecular complexity index is 901. The topological polar surface area (TPSA) is 67.2 Å². The third-order valence-corrected chi connectivity index (χ3v) is 3.91. The molecule has 3 aromatic rings. The zero-order valence-corrected chi connectivity index (χ0v) is 14.7. The van der Waals surface area contributed by atoms with Gasteiger partial charge in [-0.05, 0) is 31.2 Å². The first-order valence-corrected chi connectivity index (χ1v) is 8.25. The third-order valence-electron chi connectivity index (χ3n) is 3.91. The van der Waals surface area contributed by atoms with E-state index in [9.17, 15) is 9.59 Å². The van der Waals surface area contributed by atoms with Crippen molar-refractivity contribution in [1.82, 2.24) is 14.7 Å². The van der Waals surface area contributed by atoms with E-state index < -0.39 is 0 Å². The number of nitrogens with one attached hydrogen (secondary N) is 1. The summed E-state index contributed by atoms with van der Waals surface area (Å²) < 4.78 is 1.63. The third kappa shape index (κ3) is 4.16. The van der Waals surface area contributed by atoms with E-state index >= 15 is 0 Å². The molecule has 0 aliphatic heterocycles. The molecule has 2 amide bonds. The molecule has 0 unspecified atom stereocenters. The van der Waals surface area contributed by atoms with E-state index in [4.69, 9.17) is 0 Å². The lowest BCUT2D eigenvalue weighted by molar-refractivity contribution is -0.116. The minimum absolute atomic E-state index is 0.0385. The summed E-state index contributed by atoms with van der Waals surface area (Å²) in [5, 5.41) is 7.00. The molecule has 0 radical (unpaired) electrons. The number of rotatable bonds is 5. The van der Waals surface area contributed by atoms with Crippen LogP contribution in [0.1, 0.15) is 15.9 Å². The predicted molar refractivity (Wildman–Crippen MR) is 100 cm³/mol. The minimum atomic E-state index is -0.258. The first-order valence-electron chi connectivity index (χ1n) is 8.25. The van der Waals surface area contributed by atoms with E-state index in [1.54, 1.807) is 17.9 Å². The van der Waals surface area contributed by atoms with Crippen LogP contribution < -0.4 is 5.32 Å². The molecule has 1 N–H and O–H groups in total. The van der Waals surface area contributed by atoms with Crippen molar-refractivity contribution >= 4 is 17.5 Å². The highest BCUT2D eigenvalue weighted by atomic mass is 16.2. The smallest absolute Gasteiger partial charge is 0.257 e. The number of hydrogen-bond acceptors (Lipinski definition) is 3. The van der Waals surface area contributed by atoms with Crippen molar-refractivity contribution < 1.29 is 9.59 Å². The summed E-state index contributed by atoms with van der Waals surface area (Å²) in [6.07, 6.45) is 3.16. The van der Waals surface area contributed by atoms with Gasteiger partial charge in [-0.2, -0.15) is 5.10 Å². The Labute approximate surface area is 152 Å². The molecule has 0 saturated heterocycles. The lowest BCUT2D eigenvalue weighted by Gasteiger charge is -2.16. The second-order valence-electron chi connectivity index (χ2n) is 6.08. The molecular weight excluding hydrogens is 328 g/mol. The van der Waals surface area contributed by atoms with Crippen molar-refractivity contribution in [3.63, 3.8) is 0 Å². The number of aryl methyl sites for hydroxylation is 1. The summed E-state index contributed by atoms with van der Waals surface area (Å²) in [6.45, 7) is 1.94. The molecule has 132 valence electrons. The van der Waals surface area contributed by atoms with Crippen molar-refractivity contribution in [2.45, 2.75) is 6.92 Å². The number of benzene rings is 2. The number of nitrogens with zero attached hydrogens (tertiary/aromatic N) is 3. The first-order chi connectivity index (χ1) is 12.5. The fourth-order valence-corrected chi connectivity index (χ4v) is 2.50. The number of hydrogen-bond donors (Lipinski definition) is 1. The zero-order valence-electron chi connectivity index (χ0n) is 14.7. The highest BCUT2D eigenvalue weighted by Crippen LogP contribution is 2.11. The molecule has 0 fully saturated rings. The van der Waals surface area contributed by atoms with Gasteiger partial charge in [-0.1, -0.05) is 35.9 Å². The van der Waals surface area contributed by atoms with Gasteiger partial charge < -0.3 is 10.2 Å². The van der Waals surface area contributed by atoms with Gasteiger partial charge in [0.25, 0.3) is 5.91 Å². The second-order valence-corrected chi connectivity index (χ2v) is 6.08. The number of carbonyl (C=O) groups is 2. The molecule has 0 spiro atoms. The summed E-state index contributed by atoms with van der Waals surface area (Å²) in [4.78, 5) is 26.0. The molecule has 6 nitrogen and oxygen atoms in total. The van der Waals surface area contributed by atoms with E-state index in [1.807, 2.05) is 61.5 Å². The fourth-order valence-electron chi connectivity index (χ4n) is 2.50. The van der Waals surface area contributed by atoms with Crippen LogP contribution in [0.15, 0.2) is 67.0 Å². The van der Waals surface area contributed by atoms with Gasteiger partial charge in [0.05, 0.1) is 24.0 Å². The Kier molecular flexibility index (Phi) is 5.12. The van der Waals surface area contributed by atoms with Crippen LogP contribution in [0.2, 0.25) is 0 Å². The maximum atomic E-state index is 12.5. The van der Waals surface area contributed by atoms with Crippen LogP contribution in [0.3, 0.4) is 0 Å². The Hall–Kier alpha value is -3.41. The largest absolute Gasteiger partial charge is 0.332 e. The molecular formula is C20H20N4O2. The minimum Gasteiger partial charge on any atom is -0.332 e. The van der Waals surface area contributed by atoms with Gasteiger partial charge in [-0.25, -0.2) is 4.68 Å². The molecule has 2 aromatic carbocycles. The molecule has 0 bridgehead atoms. The lowest BCUT2D eigenvalue weighted by atomic mass is 10.2. The Morgan fingerprint density at radius 2 is 1.77 bits per heavy atom. The van der Waals surface area contributed by atoms with E-state index in [0.29, 0.717) is 11.3 Å². The van der Waals surface area contributed by atoms with Gasteiger partial charge >= 0.3 is 0 Å². The van der Waals surface area contributed by atoms with E-state index in [1.165, 1.54) is 11.1 Å². The molecule has 0 aliphatic rings. The van der Waals surface area contributed by atoms with Crippen molar-refractivity contribution in [3.8, 4) is 5.69 Å². The molecule has 6 heteroatoms. The van der Waals surface area contributed by atoms with E-state index in [2.05, 4.69) is 10.4 Å². The summed E-state index contributed by atoms with van der Waals surface area (Å²) >= 11 is 0. The number of carbonyl (C=O) groups excluding carboxylic acids is 2. The average Bonchev–Trinajstić information content (AvgIpc) is 3.14. The van der Waals surface area contributed by atoms with Crippen LogP contribution in [0, 0.1) is 6.92 Å². The zero-order chi connectivity index (χ0) is 18.5. The summed E-state index contributed by atoms with van der Waals surface area (Å²) in [7, 11) is 1.59. The summed E-state index contributed by atoms with van der Waals surface area (Å²) in [6, 6.07) is 17.0. The van der Waals surface area contributed by atoms with Crippen molar-refractivity contribution in [2.24, 2.45) is 0 Å². The standard InChI is InChI=1S/C20H20N4O2/c1-15-8-10-17(11-9-15)22-19(25)14-23(2)20(26)16-12-21-24(13-16)18-6-4-3-5-7-18/h3-13H,14H2,1-2H3,(H,22,25). The van der Waals surface area contributed by atoms with Gasteiger partial charge in [-0.15, -0.1) is 0 Å². The number of para-hydroxylation sites is 1. The number of likely N-dealkylation sites (N-methyl/N-ethyl adjacent to an activating group) is 1. The lowest BCUT2D eigenvalue weighted by Crippen LogP contribution is -2.34. The molecule has 0 atom stereocenters. The number of anilines is 1. The molecule has 26 heavy (non-hydrogen) atoms. The fraction of sp³-hybridized carbons (Fsp3) is 0.150. The first kappa shape index (κ1) is 17.4. The van der Waals surface area contributed by atoms with Crippen LogP contribution in [0.5, 0.6) is 0 Å². The highest BCUT2D eigenvalue weighted by Gasteiger charge is 2.17. The van der Waals surface area contributed by atoms with Crippen LogP contribution >= 0.6 is 0 Å². The highest BCUT2D eigenvalue weighted by molar-refractivity contribution is 5.99. The van der Waals surface area contributed by atoms with Gasteiger partial charge in [0, 0.05) is 18.9 Å². The van der Waals surface area contributed by atoms with Crippen LogP contribution in [0.25, 0.3) is 5.69 Å². The van der Waals surface area contributed by atoms with Crippen molar-refractivity contribution in [1.29, 1.82) is 0 Å². The van der Waals surface area contributed by atoms with Gasteiger partial charge in [-0.3, -0.25) is 9.59 Å². The van der Waals surface area contributed by atoms with Crippen LogP contribution in [-0.4, -0.2) is 40.1 Å². The Morgan fingerprint density at radius 1 is 1.08 bits per heavy atom. The van der Waals surface area contributed by atoms with Gasteiger partial charge in [0.2, 0.25) is 5.91 Å². The van der Waals surface area contributed by atoms with Crippen LogP contribution in [0.4, 0.5) is 5.69 Å². The molecule has 0 saturated carbocycles. The molecule has 3 rings (SSSR count). The summed E-state index contributed by atoms with van der Waals surface area (Å²) in [5.74, 6) is -0.508. The van der Waals surface area contributed by atoms with Crippen molar-refractivity contribution in [3.05, 3.63) is 78.1 Å². The molecule has 1 aromatic heterocycles. The number of amides is 2. The van der Waals surface area contributed by atoms with Gasteiger partial charge in [0.1, 0.15) is 0 Å². The average molecular weight is 348 g/mol. The van der Waals surface area contributed by atoms with Crippen LogP contribution in [-0.2, 0) is 4.79 Å². The maximum Gasteiger partial charge on any atom is 0.257 e. The predicted octanol–water partition coefficient (Wildman–Crippen LogP) is 2.89. The SMILES string of the molecule is Cc1ccc(NC(=O)CN(C)C(=O)c2cnn(-c3ccccc3)c2)cc1. The maximum absolute atomic E-state index is 12.5. The number of aromatic nitrogens is 2. The quantitative estimate of drug-likeness (QED) is 0.771. The molecule has 0 aliphatic carbocycles. The van der Waals surface area contributed by atoms with E-state index in [0.717, 1.165) is 11.3 Å². The normalized spacial score (nSPS) is 10.4. The molecule has 1 heterocycles. The Balaban J connectivity index is 1.61. The second kappa shape index (κ2) is 7.65.